The lowest BCUT2D eigenvalue weighted by Crippen LogP contribution is -2.05. The third-order valence-electron chi connectivity index (χ3n) is 2.01. The molecule has 0 fully saturated rings. The fourth-order valence-electron chi connectivity index (χ4n) is 1.18. The molecule has 1 aromatic rings. The first-order valence-corrected chi connectivity index (χ1v) is 4.40. The maximum absolute atomic E-state index is 12.3. The summed E-state index contributed by atoms with van der Waals surface area (Å²) in [5.41, 5.74) is 0.539. The van der Waals surface area contributed by atoms with Crippen LogP contribution < -0.4 is 0 Å². The Balaban J connectivity index is 3.11. The lowest BCUT2D eigenvalue weighted by Gasteiger charge is -2.08. The van der Waals surface area contributed by atoms with Gasteiger partial charge in [0.1, 0.15) is 0 Å². The van der Waals surface area contributed by atoms with Gasteiger partial charge in [-0.15, -0.1) is 0 Å². The van der Waals surface area contributed by atoms with Crippen molar-refractivity contribution in [2.45, 2.75) is 13.1 Å². The van der Waals surface area contributed by atoms with Crippen molar-refractivity contribution in [2.75, 3.05) is 6.61 Å². The fourth-order valence-corrected chi connectivity index (χ4v) is 1.18. The monoisotopic (exact) mass is 216 g/mol. The standard InChI is InChI=1S/C11H11F3O/c1-8-4-5-10(11(12,13)14)7-9(8)3-2-6-15/h2-5,7,15H,6H2,1H3. The van der Waals surface area contributed by atoms with Gasteiger partial charge in [0.2, 0.25) is 0 Å². The van der Waals surface area contributed by atoms with E-state index in [0.29, 0.717) is 5.56 Å². The molecule has 0 aliphatic heterocycles. The normalized spacial score (nSPS) is 12.3. The van der Waals surface area contributed by atoms with E-state index in [4.69, 9.17) is 5.11 Å². The molecule has 1 rings (SSSR count). The van der Waals surface area contributed by atoms with E-state index in [2.05, 4.69) is 0 Å². The number of aryl methyl sites for hydroxylation is 1. The lowest BCUT2D eigenvalue weighted by molar-refractivity contribution is -0.137. The maximum Gasteiger partial charge on any atom is 0.416 e. The molecule has 1 nitrogen and oxygen atoms in total. The van der Waals surface area contributed by atoms with Crippen LogP contribution >= 0.6 is 0 Å². The SMILES string of the molecule is Cc1ccc(C(F)(F)F)cc1C=CCO. The highest BCUT2D eigenvalue weighted by Crippen LogP contribution is 2.30. The predicted octanol–water partition coefficient (Wildman–Crippen LogP) is 3.02. The van der Waals surface area contributed by atoms with E-state index in [-0.39, 0.29) is 6.61 Å². The Morgan fingerprint density at radius 1 is 1.33 bits per heavy atom. The molecule has 0 saturated heterocycles. The van der Waals surface area contributed by atoms with Crippen molar-refractivity contribution >= 4 is 6.08 Å². The summed E-state index contributed by atoms with van der Waals surface area (Å²) < 4.78 is 37.0. The minimum atomic E-state index is -4.32. The number of halogens is 3. The van der Waals surface area contributed by atoms with Crippen LogP contribution in [-0.4, -0.2) is 11.7 Å². The first-order chi connectivity index (χ1) is 6.95. The van der Waals surface area contributed by atoms with Gasteiger partial charge in [-0.1, -0.05) is 18.2 Å². The Kier molecular flexibility index (Phi) is 3.52. The van der Waals surface area contributed by atoms with Gasteiger partial charge in [0.05, 0.1) is 12.2 Å². The Morgan fingerprint density at radius 2 is 2.00 bits per heavy atom. The van der Waals surface area contributed by atoms with E-state index >= 15 is 0 Å². The Hall–Kier alpha value is -1.29. The van der Waals surface area contributed by atoms with E-state index in [0.717, 1.165) is 17.7 Å². The van der Waals surface area contributed by atoms with Gasteiger partial charge in [-0.3, -0.25) is 0 Å². The van der Waals surface area contributed by atoms with Gasteiger partial charge in [-0.2, -0.15) is 13.2 Å². The Labute approximate surface area is 85.9 Å². The summed E-state index contributed by atoms with van der Waals surface area (Å²) in [6.07, 6.45) is -1.44. The van der Waals surface area contributed by atoms with Crippen molar-refractivity contribution in [3.63, 3.8) is 0 Å². The summed E-state index contributed by atoms with van der Waals surface area (Å²) in [7, 11) is 0. The molecule has 0 radical (unpaired) electrons. The molecule has 1 aromatic carbocycles. The molecule has 0 amide bonds. The molecular weight excluding hydrogens is 205 g/mol. The zero-order chi connectivity index (χ0) is 11.5. The maximum atomic E-state index is 12.3. The van der Waals surface area contributed by atoms with Crippen molar-refractivity contribution in [3.05, 3.63) is 41.0 Å². The zero-order valence-electron chi connectivity index (χ0n) is 8.17. The number of rotatable bonds is 2. The first kappa shape index (κ1) is 11.8. The van der Waals surface area contributed by atoms with Crippen LogP contribution in [0.5, 0.6) is 0 Å². The number of benzene rings is 1. The second-order valence-electron chi connectivity index (χ2n) is 3.15. The van der Waals surface area contributed by atoms with Crippen molar-refractivity contribution in [2.24, 2.45) is 0 Å². The smallest absolute Gasteiger partial charge is 0.392 e. The van der Waals surface area contributed by atoms with E-state index in [1.54, 1.807) is 6.92 Å². The molecule has 0 atom stereocenters. The number of hydrogen-bond acceptors (Lipinski definition) is 1. The zero-order valence-corrected chi connectivity index (χ0v) is 8.17. The molecule has 0 spiro atoms. The van der Waals surface area contributed by atoms with Gasteiger partial charge >= 0.3 is 6.18 Å². The highest BCUT2D eigenvalue weighted by atomic mass is 19.4. The second-order valence-corrected chi connectivity index (χ2v) is 3.15. The van der Waals surface area contributed by atoms with E-state index in [1.807, 2.05) is 0 Å². The van der Waals surface area contributed by atoms with E-state index < -0.39 is 11.7 Å². The fraction of sp³-hybridized carbons (Fsp3) is 0.273. The molecule has 0 aliphatic rings. The van der Waals surface area contributed by atoms with Crippen LogP contribution in [0.2, 0.25) is 0 Å². The summed E-state index contributed by atoms with van der Waals surface area (Å²) in [6.45, 7) is 1.53. The largest absolute Gasteiger partial charge is 0.416 e. The average molecular weight is 216 g/mol. The predicted molar refractivity (Wildman–Crippen MR) is 52.3 cm³/mol. The Morgan fingerprint density at radius 3 is 2.53 bits per heavy atom. The topological polar surface area (TPSA) is 20.2 Å². The van der Waals surface area contributed by atoms with Gasteiger partial charge in [0, 0.05) is 0 Å². The summed E-state index contributed by atoms with van der Waals surface area (Å²) in [6, 6.07) is 3.53. The molecule has 15 heavy (non-hydrogen) atoms. The van der Waals surface area contributed by atoms with Crippen molar-refractivity contribution < 1.29 is 18.3 Å². The highest BCUT2D eigenvalue weighted by Gasteiger charge is 2.30. The summed E-state index contributed by atoms with van der Waals surface area (Å²) in [5.74, 6) is 0. The van der Waals surface area contributed by atoms with Crippen molar-refractivity contribution in [3.8, 4) is 0 Å². The van der Waals surface area contributed by atoms with Gasteiger partial charge in [-0.25, -0.2) is 0 Å². The minimum absolute atomic E-state index is 0.185. The molecule has 0 aromatic heterocycles. The van der Waals surface area contributed by atoms with Crippen molar-refractivity contribution in [1.29, 1.82) is 0 Å². The number of alkyl halides is 3. The van der Waals surface area contributed by atoms with Crippen LogP contribution in [0.1, 0.15) is 16.7 Å². The number of aliphatic hydroxyl groups excluding tert-OH is 1. The van der Waals surface area contributed by atoms with Gasteiger partial charge < -0.3 is 5.11 Å². The summed E-state index contributed by atoms with van der Waals surface area (Å²) in [5, 5.41) is 8.54. The minimum Gasteiger partial charge on any atom is -0.392 e. The van der Waals surface area contributed by atoms with Crippen LogP contribution in [-0.2, 0) is 6.18 Å². The number of aliphatic hydroxyl groups is 1. The summed E-state index contributed by atoms with van der Waals surface area (Å²) >= 11 is 0. The second kappa shape index (κ2) is 4.49. The van der Waals surface area contributed by atoms with Crippen LogP contribution in [0, 0.1) is 6.92 Å². The quantitative estimate of drug-likeness (QED) is 0.805. The van der Waals surface area contributed by atoms with Gasteiger partial charge in [0.15, 0.2) is 0 Å². The van der Waals surface area contributed by atoms with E-state index in [1.165, 1.54) is 18.2 Å². The number of hydrogen-bond donors (Lipinski definition) is 1. The summed E-state index contributed by atoms with van der Waals surface area (Å²) in [4.78, 5) is 0. The average Bonchev–Trinajstić information content (AvgIpc) is 2.15. The molecule has 82 valence electrons. The van der Waals surface area contributed by atoms with Crippen LogP contribution in [0.25, 0.3) is 6.08 Å². The molecule has 0 unspecified atom stereocenters. The molecule has 1 N–H and O–H groups in total. The highest BCUT2D eigenvalue weighted by molar-refractivity contribution is 5.55. The molecule has 0 saturated carbocycles. The van der Waals surface area contributed by atoms with Crippen LogP contribution in [0.3, 0.4) is 0 Å². The first-order valence-electron chi connectivity index (χ1n) is 4.40. The third kappa shape index (κ3) is 3.09. The molecule has 0 heterocycles. The van der Waals surface area contributed by atoms with Gasteiger partial charge in [-0.05, 0) is 30.2 Å². The molecule has 4 heteroatoms. The molecule has 0 aliphatic carbocycles. The lowest BCUT2D eigenvalue weighted by atomic mass is 10.0. The Bertz CT molecular complexity index is 367. The molecular formula is C11H11F3O. The van der Waals surface area contributed by atoms with Gasteiger partial charge in [0.25, 0.3) is 0 Å². The van der Waals surface area contributed by atoms with E-state index in [9.17, 15) is 13.2 Å². The van der Waals surface area contributed by atoms with Crippen molar-refractivity contribution in [1.82, 2.24) is 0 Å². The van der Waals surface area contributed by atoms with Crippen LogP contribution in [0.4, 0.5) is 13.2 Å². The molecule has 0 bridgehead atoms. The van der Waals surface area contributed by atoms with Crippen LogP contribution in [0.15, 0.2) is 24.3 Å². The third-order valence-corrected chi connectivity index (χ3v) is 2.01.